The van der Waals surface area contributed by atoms with Crippen molar-refractivity contribution in [2.24, 2.45) is 0 Å². The lowest BCUT2D eigenvalue weighted by atomic mass is 10.00. The molecule has 228 valence electrons. The summed E-state index contributed by atoms with van der Waals surface area (Å²) in [6.45, 7) is 0. The Morgan fingerprint density at radius 3 is 1.94 bits per heavy atom. The Labute approximate surface area is 284 Å². The SMILES string of the molecule is c1ccc(-c2ccc(-c3nc(-n4c5ccccc5c5c6sc7ccccc7c6c6ccccc6c54)nc4oc5ccccc5c34)cc2)cc1. The van der Waals surface area contributed by atoms with Gasteiger partial charge in [-0.2, -0.15) is 4.98 Å². The third-order valence-corrected chi connectivity index (χ3v) is 11.0. The van der Waals surface area contributed by atoms with Crippen molar-refractivity contribution in [3.05, 3.63) is 152 Å². The Bertz CT molecular complexity index is 3100. The fourth-order valence-corrected chi connectivity index (χ4v) is 8.98. The molecule has 0 aliphatic heterocycles. The quantitative estimate of drug-likeness (QED) is 0.192. The second-order valence-electron chi connectivity index (χ2n) is 12.5. The Hall–Kier alpha value is -6.30. The summed E-state index contributed by atoms with van der Waals surface area (Å²) < 4.78 is 11.3. The van der Waals surface area contributed by atoms with E-state index in [2.05, 4.69) is 132 Å². The normalized spacial score (nSPS) is 12.1. The molecule has 11 rings (SSSR count). The fourth-order valence-electron chi connectivity index (χ4n) is 7.70. The third kappa shape index (κ3) is 3.79. The van der Waals surface area contributed by atoms with Gasteiger partial charge in [0.1, 0.15) is 5.58 Å². The minimum absolute atomic E-state index is 0.575. The highest BCUT2D eigenvalue weighted by Gasteiger charge is 2.24. The Morgan fingerprint density at radius 2 is 1.10 bits per heavy atom. The molecule has 4 nitrogen and oxygen atoms in total. The molecule has 0 bridgehead atoms. The van der Waals surface area contributed by atoms with Crippen molar-refractivity contribution >= 4 is 86.2 Å². The minimum Gasteiger partial charge on any atom is -0.437 e. The van der Waals surface area contributed by atoms with Crippen molar-refractivity contribution in [2.75, 3.05) is 0 Å². The highest BCUT2D eigenvalue weighted by atomic mass is 32.1. The number of aromatic nitrogens is 3. The zero-order valence-corrected chi connectivity index (χ0v) is 26.9. The number of hydrogen-bond donors (Lipinski definition) is 0. The summed E-state index contributed by atoms with van der Waals surface area (Å²) in [5.74, 6) is 0.588. The van der Waals surface area contributed by atoms with Gasteiger partial charge in [-0.1, -0.05) is 133 Å². The van der Waals surface area contributed by atoms with Crippen LogP contribution in [0.1, 0.15) is 0 Å². The van der Waals surface area contributed by atoms with Gasteiger partial charge < -0.3 is 4.42 Å². The van der Waals surface area contributed by atoms with Crippen molar-refractivity contribution in [3.63, 3.8) is 0 Å². The molecule has 0 radical (unpaired) electrons. The van der Waals surface area contributed by atoms with Crippen LogP contribution in [0, 0.1) is 0 Å². The number of rotatable bonds is 3. The van der Waals surface area contributed by atoms with Crippen LogP contribution in [-0.2, 0) is 0 Å². The first kappa shape index (κ1) is 26.7. The van der Waals surface area contributed by atoms with Gasteiger partial charge in [-0.25, -0.2) is 4.98 Å². The summed E-state index contributed by atoms with van der Waals surface area (Å²) in [6.07, 6.45) is 0. The molecular weight excluding hydrogens is 619 g/mol. The first-order chi connectivity index (χ1) is 24.3. The molecule has 0 fully saturated rings. The minimum atomic E-state index is 0.575. The second kappa shape index (κ2) is 10.1. The van der Waals surface area contributed by atoms with Crippen molar-refractivity contribution in [2.45, 2.75) is 0 Å². The predicted molar refractivity (Wildman–Crippen MR) is 205 cm³/mol. The monoisotopic (exact) mass is 643 g/mol. The van der Waals surface area contributed by atoms with Crippen molar-refractivity contribution in [3.8, 4) is 28.3 Å². The maximum absolute atomic E-state index is 6.51. The van der Waals surface area contributed by atoms with Crippen LogP contribution in [0.5, 0.6) is 0 Å². The molecular formula is C44H25N3OS. The summed E-state index contributed by atoms with van der Waals surface area (Å²) >= 11 is 1.86. The molecule has 5 heteroatoms. The standard InChI is InChI=1S/C44H25N3OS/c1-2-12-26(13-3-1)27-22-24-28(25-23-27)40-38-32-17-7-10-20-35(32)48-43(38)46-44(45-40)47-34-19-9-6-16-31(34)39-41(47)30-15-5-4-14-29(30)37-33-18-8-11-21-36(33)49-42(37)39/h1-25H. The smallest absolute Gasteiger partial charge is 0.238 e. The van der Waals surface area contributed by atoms with E-state index in [0.717, 1.165) is 44.2 Å². The van der Waals surface area contributed by atoms with E-state index >= 15 is 0 Å². The lowest BCUT2D eigenvalue weighted by Gasteiger charge is -2.12. The van der Waals surface area contributed by atoms with E-state index in [-0.39, 0.29) is 0 Å². The third-order valence-electron chi connectivity index (χ3n) is 9.84. The Balaban J connectivity index is 1.28. The first-order valence-corrected chi connectivity index (χ1v) is 17.2. The second-order valence-corrected chi connectivity index (χ2v) is 13.6. The number of nitrogens with zero attached hydrogens (tertiary/aromatic N) is 3. The summed E-state index contributed by atoms with van der Waals surface area (Å²) in [5.41, 5.74) is 7.75. The van der Waals surface area contributed by atoms with E-state index in [0.29, 0.717) is 11.7 Å². The van der Waals surface area contributed by atoms with Crippen LogP contribution in [0.15, 0.2) is 156 Å². The number of para-hydroxylation sites is 2. The molecule has 11 aromatic rings. The lowest BCUT2D eigenvalue weighted by Crippen LogP contribution is -2.03. The van der Waals surface area contributed by atoms with Gasteiger partial charge in [0.15, 0.2) is 0 Å². The van der Waals surface area contributed by atoms with Crippen LogP contribution < -0.4 is 0 Å². The molecule has 0 saturated carbocycles. The summed E-state index contributed by atoms with van der Waals surface area (Å²) in [5, 5.41) is 9.34. The maximum atomic E-state index is 6.51. The van der Waals surface area contributed by atoms with Gasteiger partial charge in [0, 0.05) is 47.3 Å². The van der Waals surface area contributed by atoms with E-state index in [1.807, 2.05) is 35.6 Å². The first-order valence-electron chi connectivity index (χ1n) is 16.4. The lowest BCUT2D eigenvalue weighted by molar-refractivity contribution is 0.651. The van der Waals surface area contributed by atoms with Crippen LogP contribution >= 0.6 is 11.3 Å². The predicted octanol–water partition coefficient (Wildman–Crippen LogP) is 12.3. The van der Waals surface area contributed by atoms with E-state index < -0.39 is 0 Å². The van der Waals surface area contributed by atoms with Crippen molar-refractivity contribution < 1.29 is 4.42 Å². The molecule has 0 atom stereocenters. The van der Waals surface area contributed by atoms with Crippen LogP contribution in [-0.4, -0.2) is 14.5 Å². The van der Waals surface area contributed by atoms with Gasteiger partial charge >= 0.3 is 0 Å². The average molecular weight is 644 g/mol. The highest BCUT2D eigenvalue weighted by Crippen LogP contribution is 2.48. The molecule has 4 heterocycles. The molecule has 0 unspecified atom stereocenters. The topological polar surface area (TPSA) is 43.9 Å². The highest BCUT2D eigenvalue weighted by molar-refractivity contribution is 7.27. The molecule has 0 N–H and O–H groups in total. The van der Waals surface area contributed by atoms with Gasteiger partial charge in [-0.05, 0) is 34.7 Å². The number of hydrogen-bond acceptors (Lipinski definition) is 4. The Morgan fingerprint density at radius 1 is 0.469 bits per heavy atom. The number of furan rings is 1. The number of benzene rings is 7. The number of fused-ring (bicyclic) bond motifs is 13. The molecule has 4 aromatic heterocycles. The van der Waals surface area contributed by atoms with E-state index in [1.165, 1.54) is 47.3 Å². The maximum Gasteiger partial charge on any atom is 0.238 e. The molecule has 0 saturated heterocycles. The van der Waals surface area contributed by atoms with Crippen LogP contribution in [0.3, 0.4) is 0 Å². The van der Waals surface area contributed by atoms with Crippen molar-refractivity contribution in [1.29, 1.82) is 0 Å². The van der Waals surface area contributed by atoms with E-state index in [9.17, 15) is 0 Å². The molecule has 0 aliphatic rings. The summed E-state index contributed by atoms with van der Waals surface area (Å²) in [7, 11) is 0. The zero-order chi connectivity index (χ0) is 32.1. The van der Waals surface area contributed by atoms with Crippen LogP contribution in [0.25, 0.3) is 103 Å². The Kier molecular flexibility index (Phi) is 5.51. The van der Waals surface area contributed by atoms with Crippen LogP contribution in [0.2, 0.25) is 0 Å². The molecule has 0 aliphatic carbocycles. The number of thiophene rings is 1. The van der Waals surface area contributed by atoms with Gasteiger partial charge in [0.25, 0.3) is 0 Å². The summed E-state index contributed by atoms with van der Waals surface area (Å²) in [4.78, 5) is 10.7. The average Bonchev–Trinajstić information content (AvgIpc) is 3.85. The fraction of sp³-hybridized carbons (Fsp3) is 0. The van der Waals surface area contributed by atoms with E-state index in [1.54, 1.807) is 0 Å². The summed E-state index contributed by atoms with van der Waals surface area (Å²) in [6, 6.07) is 53.4. The van der Waals surface area contributed by atoms with Gasteiger partial charge in [0.05, 0.1) is 22.1 Å². The zero-order valence-electron chi connectivity index (χ0n) is 26.1. The van der Waals surface area contributed by atoms with Gasteiger partial charge in [-0.3, -0.25) is 4.57 Å². The van der Waals surface area contributed by atoms with Gasteiger partial charge in [0.2, 0.25) is 11.7 Å². The largest absolute Gasteiger partial charge is 0.437 e. The molecule has 0 spiro atoms. The van der Waals surface area contributed by atoms with Crippen LogP contribution in [0.4, 0.5) is 0 Å². The van der Waals surface area contributed by atoms with Gasteiger partial charge in [-0.15, -0.1) is 11.3 Å². The van der Waals surface area contributed by atoms with Crippen molar-refractivity contribution in [1.82, 2.24) is 14.5 Å². The van der Waals surface area contributed by atoms with E-state index in [4.69, 9.17) is 14.4 Å². The molecule has 7 aromatic carbocycles. The molecule has 49 heavy (non-hydrogen) atoms. The molecule has 0 amide bonds.